The highest BCUT2D eigenvalue weighted by Gasteiger charge is 2.42. The van der Waals surface area contributed by atoms with Gasteiger partial charge in [0.05, 0.1) is 10.9 Å². The Labute approximate surface area is 189 Å². The topological polar surface area (TPSA) is 68.2 Å². The summed E-state index contributed by atoms with van der Waals surface area (Å²) in [5.74, 6) is 0.966. The van der Waals surface area contributed by atoms with Crippen LogP contribution in [0, 0.1) is 5.92 Å². The van der Waals surface area contributed by atoms with Crippen molar-refractivity contribution in [2.24, 2.45) is 11.7 Å². The molecule has 2 fully saturated rings. The Morgan fingerprint density at radius 2 is 1.71 bits per heavy atom. The molecule has 2 aromatic carbocycles. The number of carbonyl (C=O) groups is 1. The van der Waals surface area contributed by atoms with E-state index >= 15 is 0 Å². The van der Waals surface area contributed by atoms with Crippen LogP contribution in [0.4, 0.5) is 0 Å². The second kappa shape index (κ2) is 9.49. The summed E-state index contributed by atoms with van der Waals surface area (Å²) >= 11 is 1.75. The zero-order valence-electron chi connectivity index (χ0n) is 18.2. The molecule has 0 unspecified atom stereocenters. The van der Waals surface area contributed by atoms with E-state index in [1.165, 1.54) is 29.4 Å². The molecule has 2 aliphatic carbocycles. The number of carbonyl (C=O) groups excluding carboxylic acids is 1. The van der Waals surface area contributed by atoms with Crippen LogP contribution in [-0.2, 0) is 10.2 Å². The number of nitrogens with zero attached hydrogens (tertiary/aromatic N) is 1. The lowest BCUT2D eigenvalue weighted by Crippen LogP contribution is -2.43. The molecule has 2 aliphatic rings. The molecule has 164 valence electrons. The van der Waals surface area contributed by atoms with E-state index in [4.69, 9.17) is 10.8 Å². The normalized spacial score (nSPS) is 23.2. The minimum atomic E-state index is -0.520. The van der Waals surface area contributed by atoms with Gasteiger partial charge in [0.25, 0.3) is 0 Å². The number of fused-ring (bicyclic) bond motifs is 1. The van der Waals surface area contributed by atoms with Crippen LogP contribution in [-0.4, -0.2) is 27.8 Å². The van der Waals surface area contributed by atoms with Gasteiger partial charge in [0.2, 0.25) is 5.91 Å². The van der Waals surface area contributed by atoms with Gasteiger partial charge in [0.1, 0.15) is 0 Å². The van der Waals surface area contributed by atoms with Gasteiger partial charge in [-0.05, 0) is 74.1 Å². The fourth-order valence-electron chi connectivity index (χ4n) is 4.78. The summed E-state index contributed by atoms with van der Waals surface area (Å²) < 4.78 is 2.35. The molecular weight excluding hydrogens is 404 g/mol. The molecule has 4 nitrogen and oxygen atoms in total. The van der Waals surface area contributed by atoms with Crippen molar-refractivity contribution in [1.82, 2.24) is 3.97 Å². The van der Waals surface area contributed by atoms with Crippen molar-refractivity contribution in [3.05, 3.63) is 71.9 Å². The van der Waals surface area contributed by atoms with Crippen LogP contribution in [0.3, 0.4) is 0 Å². The van der Waals surface area contributed by atoms with Crippen molar-refractivity contribution in [2.45, 2.75) is 49.9 Å². The number of rotatable bonds is 5. The molecule has 3 N–H and O–H groups in total. The van der Waals surface area contributed by atoms with Crippen LogP contribution < -0.4 is 5.73 Å². The van der Waals surface area contributed by atoms with E-state index in [1.807, 2.05) is 30.3 Å². The smallest absolute Gasteiger partial charge is 0.228 e. The first-order valence-corrected chi connectivity index (χ1v) is 12.4. The molecule has 0 saturated heterocycles. The van der Waals surface area contributed by atoms with Crippen molar-refractivity contribution in [2.75, 3.05) is 12.9 Å². The van der Waals surface area contributed by atoms with E-state index in [0.717, 1.165) is 31.2 Å². The summed E-state index contributed by atoms with van der Waals surface area (Å²) in [5, 5.41) is 9.49. The maximum Gasteiger partial charge on any atom is 0.228 e. The Balaban J connectivity index is 0.000000407. The molecule has 3 aromatic rings. The Morgan fingerprint density at radius 1 is 1.06 bits per heavy atom. The first-order chi connectivity index (χ1) is 15.1. The van der Waals surface area contributed by atoms with Crippen molar-refractivity contribution in [3.8, 4) is 0 Å². The van der Waals surface area contributed by atoms with Gasteiger partial charge in [-0.15, -0.1) is 0 Å². The molecule has 5 heteroatoms. The number of benzene rings is 2. The van der Waals surface area contributed by atoms with Gasteiger partial charge in [0, 0.05) is 29.9 Å². The minimum absolute atomic E-state index is 0.187. The molecule has 0 aliphatic heterocycles. The zero-order chi connectivity index (χ0) is 21.8. The molecule has 0 bridgehead atoms. The highest BCUT2D eigenvalue weighted by molar-refractivity contribution is 7.97. The van der Waals surface area contributed by atoms with Crippen molar-refractivity contribution in [1.29, 1.82) is 0 Å². The Hall–Kier alpha value is -2.24. The largest absolute Gasteiger partial charge is 0.396 e. The lowest BCUT2D eigenvalue weighted by Gasteiger charge is -2.38. The SMILES string of the molecule is CSn1c(C2CCC(C(N)=O)(c3ccccc3)CC2)cc2ccccc21.OCC1CC1. The third-order valence-corrected chi connectivity index (χ3v) is 7.66. The van der Waals surface area contributed by atoms with Crippen LogP contribution in [0.5, 0.6) is 0 Å². The standard InChI is InChI=1S/C22H24N2OS.C4H8O/c1-26-24-19-10-6-5-7-17(19)15-20(24)16-11-13-22(14-12-16,21(23)25)18-8-3-2-4-9-18;5-3-4-1-2-4/h2-10,15-16H,11-14H2,1H3,(H2,23,25);4-5H,1-3H2. The van der Waals surface area contributed by atoms with E-state index < -0.39 is 5.41 Å². The fourth-order valence-corrected chi connectivity index (χ4v) is 5.56. The first kappa shape index (κ1) is 22.0. The van der Waals surface area contributed by atoms with Crippen LogP contribution in [0.2, 0.25) is 0 Å². The van der Waals surface area contributed by atoms with Gasteiger partial charge >= 0.3 is 0 Å². The van der Waals surface area contributed by atoms with E-state index in [9.17, 15) is 4.79 Å². The van der Waals surface area contributed by atoms with Crippen LogP contribution in [0.25, 0.3) is 10.9 Å². The molecule has 1 heterocycles. The molecule has 0 atom stereocenters. The third kappa shape index (κ3) is 4.53. The van der Waals surface area contributed by atoms with E-state index in [1.54, 1.807) is 11.9 Å². The quantitative estimate of drug-likeness (QED) is 0.575. The summed E-state index contributed by atoms with van der Waals surface area (Å²) in [6, 6.07) is 20.9. The van der Waals surface area contributed by atoms with Gasteiger partial charge in [-0.1, -0.05) is 48.5 Å². The van der Waals surface area contributed by atoms with Crippen LogP contribution in [0.1, 0.15) is 55.7 Å². The van der Waals surface area contributed by atoms with Crippen LogP contribution in [0.15, 0.2) is 60.7 Å². The number of primary amides is 1. The number of amides is 1. The van der Waals surface area contributed by atoms with E-state index in [0.29, 0.717) is 18.4 Å². The maximum absolute atomic E-state index is 12.4. The average Bonchev–Trinajstić information content (AvgIpc) is 3.59. The molecule has 2 saturated carbocycles. The van der Waals surface area contributed by atoms with E-state index in [-0.39, 0.29) is 5.91 Å². The Kier molecular flexibility index (Phi) is 6.73. The zero-order valence-corrected chi connectivity index (χ0v) is 19.0. The summed E-state index contributed by atoms with van der Waals surface area (Å²) in [4.78, 5) is 12.4. The average molecular weight is 437 g/mol. The Morgan fingerprint density at radius 3 is 2.26 bits per heavy atom. The lowest BCUT2D eigenvalue weighted by atomic mass is 9.65. The van der Waals surface area contributed by atoms with Gasteiger partial charge in [0.15, 0.2) is 0 Å². The van der Waals surface area contributed by atoms with Crippen molar-refractivity contribution >= 4 is 28.8 Å². The predicted octanol–water partition coefficient (Wildman–Crippen LogP) is 5.24. The summed E-state index contributed by atoms with van der Waals surface area (Å²) in [6.07, 6.45) is 8.23. The highest BCUT2D eigenvalue weighted by atomic mass is 32.2. The number of hydrogen-bond donors (Lipinski definition) is 2. The number of aliphatic hydroxyl groups is 1. The van der Waals surface area contributed by atoms with Gasteiger partial charge in [-0.2, -0.15) is 0 Å². The summed E-state index contributed by atoms with van der Waals surface area (Å²) in [6.45, 7) is 0.417. The lowest BCUT2D eigenvalue weighted by molar-refractivity contribution is -0.124. The molecule has 0 radical (unpaired) electrons. The minimum Gasteiger partial charge on any atom is -0.396 e. The fraction of sp³-hybridized carbons (Fsp3) is 0.423. The Bertz CT molecular complexity index is 1020. The molecular formula is C26H32N2O2S. The monoisotopic (exact) mass is 436 g/mol. The molecule has 31 heavy (non-hydrogen) atoms. The summed E-state index contributed by atoms with van der Waals surface area (Å²) in [7, 11) is 0. The van der Waals surface area contributed by atoms with Crippen LogP contribution >= 0.6 is 11.9 Å². The predicted molar refractivity (Wildman–Crippen MR) is 129 cm³/mol. The molecule has 0 spiro atoms. The first-order valence-electron chi connectivity index (χ1n) is 11.2. The third-order valence-electron chi connectivity index (χ3n) is 6.89. The number of nitrogens with two attached hydrogens (primary N) is 1. The van der Waals surface area contributed by atoms with Crippen molar-refractivity contribution < 1.29 is 9.90 Å². The number of aromatic nitrogens is 1. The van der Waals surface area contributed by atoms with Gasteiger partial charge in [-0.3, -0.25) is 8.77 Å². The maximum atomic E-state index is 12.4. The van der Waals surface area contributed by atoms with Crippen molar-refractivity contribution in [3.63, 3.8) is 0 Å². The molecule has 5 rings (SSSR count). The van der Waals surface area contributed by atoms with Gasteiger partial charge < -0.3 is 10.8 Å². The molecule has 1 amide bonds. The summed E-state index contributed by atoms with van der Waals surface area (Å²) in [5.41, 5.74) is 9.07. The second-order valence-electron chi connectivity index (χ2n) is 8.82. The number of hydrogen-bond acceptors (Lipinski definition) is 3. The van der Waals surface area contributed by atoms with Gasteiger partial charge in [-0.25, -0.2) is 0 Å². The highest BCUT2D eigenvalue weighted by Crippen LogP contribution is 2.46. The number of aliphatic hydroxyl groups excluding tert-OH is 1. The van der Waals surface area contributed by atoms with E-state index in [2.05, 4.69) is 40.6 Å². The second-order valence-corrected chi connectivity index (χ2v) is 9.55. The number of para-hydroxylation sites is 1. The molecule has 1 aromatic heterocycles.